The molecule has 1 aromatic carbocycles. The van der Waals surface area contributed by atoms with E-state index in [0.717, 1.165) is 16.8 Å². The van der Waals surface area contributed by atoms with E-state index in [1.54, 1.807) is 0 Å². The number of aliphatic imine (C=N–C) groups is 1. The number of allylic oxidation sites excluding steroid dienone is 1. The van der Waals surface area contributed by atoms with Gasteiger partial charge in [-0.05, 0) is 24.8 Å². The molecule has 14 heavy (non-hydrogen) atoms. The highest BCUT2D eigenvalue weighted by Crippen LogP contribution is 2.25. The molecule has 0 aliphatic heterocycles. The van der Waals surface area contributed by atoms with Gasteiger partial charge in [-0.1, -0.05) is 36.5 Å². The fourth-order valence-corrected chi connectivity index (χ4v) is 1.29. The summed E-state index contributed by atoms with van der Waals surface area (Å²) >= 11 is 1.44. The molecule has 1 aromatic rings. The van der Waals surface area contributed by atoms with Gasteiger partial charge < -0.3 is 5.73 Å². The fraction of sp³-hybridized carbons (Fsp3) is 0.182. The Bertz CT molecular complexity index is 369. The zero-order chi connectivity index (χ0) is 10.6. The summed E-state index contributed by atoms with van der Waals surface area (Å²) in [6, 6.07) is 7.85. The molecule has 0 aromatic heterocycles. The third-order valence-corrected chi connectivity index (χ3v) is 2.31. The Hall–Kier alpha value is -1.22. The van der Waals surface area contributed by atoms with Crippen LogP contribution in [0, 0.1) is 0 Å². The van der Waals surface area contributed by atoms with Crippen LogP contribution in [-0.4, -0.2) is 11.4 Å². The highest BCUT2D eigenvalue weighted by molar-refractivity contribution is 8.13. The predicted molar refractivity (Wildman–Crippen MR) is 65.9 cm³/mol. The summed E-state index contributed by atoms with van der Waals surface area (Å²) in [5.41, 5.74) is 8.58. The second kappa shape index (κ2) is 4.86. The van der Waals surface area contributed by atoms with Crippen molar-refractivity contribution in [2.45, 2.75) is 6.92 Å². The SMILES string of the molecule is C=C(C)c1ccccc1N=C(N)SC. The Morgan fingerprint density at radius 3 is 2.64 bits per heavy atom. The summed E-state index contributed by atoms with van der Waals surface area (Å²) in [6.45, 7) is 5.86. The topological polar surface area (TPSA) is 38.4 Å². The third-order valence-electron chi connectivity index (χ3n) is 1.80. The smallest absolute Gasteiger partial charge is 0.158 e. The minimum atomic E-state index is 0.568. The molecule has 0 fully saturated rings. The third kappa shape index (κ3) is 2.64. The van der Waals surface area contributed by atoms with Crippen LogP contribution in [0.2, 0.25) is 0 Å². The first-order chi connectivity index (χ1) is 6.65. The van der Waals surface area contributed by atoms with Crippen molar-refractivity contribution in [2.75, 3.05) is 6.26 Å². The van der Waals surface area contributed by atoms with Gasteiger partial charge in [-0.3, -0.25) is 0 Å². The van der Waals surface area contributed by atoms with Gasteiger partial charge in [0, 0.05) is 5.56 Å². The summed E-state index contributed by atoms with van der Waals surface area (Å²) in [7, 11) is 0. The highest BCUT2D eigenvalue weighted by atomic mass is 32.2. The van der Waals surface area contributed by atoms with Crippen LogP contribution in [0.1, 0.15) is 12.5 Å². The Labute approximate surface area is 88.9 Å². The number of hydrogen-bond acceptors (Lipinski definition) is 2. The van der Waals surface area contributed by atoms with Gasteiger partial charge in [-0.15, -0.1) is 0 Å². The molecule has 0 heterocycles. The van der Waals surface area contributed by atoms with Gasteiger partial charge >= 0.3 is 0 Å². The zero-order valence-corrected chi connectivity index (χ0v) is 9.27. The van der Waals surface area contributed by atoms with E-state index in [0.29, 0.717) is 5.17 Å². The molecule has 0 bridgehead atoms. The van der Waals surface area contributed by atoms with Crippen LogP contribution >= 0.6 is 11.8 Å². The number of nitrogens with two attached hydrogens (primary N) is 1. The molecule has 0 spiro atoms. The second-order valence-corrected chi connectivity index (χ2v) is 3.78. The van der Waals surface area contributed by atoms with Crippen molar-refractivity contribution >= 4 is 28.2 Å². The molecule has 1 rings (SSSR count). The number of benzene rings is 1. The summed E-state index contributed by atoms with van der Waals surface area (Å²) < 4.78 is 0. The van der Waals surface area contributed by atoms with Crippen LogP contribution in [0.3, 0.4) is 0 Å². The molecule has 2 nitrogen and oxygen atoms in total. The maximum Gasteiger partial charge on any atom is 0.158 e. The van der Waals surface area contributed by atoms with E-state index in [1.807, 2.05) is 37.4 Å². The first-order valence-corrected chi connectivity index (χ1v) is 5.50. The fourth-order valence-electron chi connectivity index (χ4n) is 1.10. The number of thioether (sulfide) groups is 1. The lowest BCUT2D eigenvalue weighted by atomic mass is 10.1. The Balaban J connectivity index is 3.14. The van der Waals surface area contributed by atoms with Crippen LogP contribution in [0.5, 0.6) is 0 Å². The maximum absolute atomic E-state index is 5.66. The molecule has 74 valence electrons. The molecule has 0 unspecified atom stereocenters. The van der Waals surface area contributed by atoms with Crippen molar-refractivity contribution in [3.63, 3.8) is 0 Å². The van der Waals surface area contributed by atoms with Gasteiger partial charge in [0.05, 0.1) is 5.69 Å². The lowest BCUT2D eigenvalue weighted by Crippen LogP contribution is -2.04. The molecular formula is C11H14N2S. The van der Waals surface area contributed by atoms with Crippen molar-refractivity contribution < 1.29 is 0 Å². The number of para-hydroxylation sites is 1. The van der Waals surface area contributed by atoms with Gasteiger partial charge in [0.25, 0.3) is 0 Å². The number of amidine groups is 1. The summed E-state index contributed by atoms with van der Waals surface area (Å²) in [5.74, 6) is 0. The van der Waals surface area contributed by atoms with E-state index in [9.17, 15) is 0 Å². The summed E-state index contributed by atoms with van der Waals surface area (Å²) in [5, 5.41) is 0.568. The molecule has 0 radical (unpaired) electrons. The average Bonchev–Trinajstić information content (AvgIpc) is 2.18. The molecule has 0 aliphatic rings. The van der Waals surface area contributed by atoms with E-state index in [4.69, 9.17) is 5.73 Å². The van der Waals surface area contributed by atoms with Crippen molar-refractivity contribution in [3.8, 4) is 0 Å². The zero-order valence-electron chi connectivity index (χ0n) is 8.45. The van der Waals surface area contributed by atoms with Crippen LogP contribution in [0.4, 0.5) is 5.69 Å². The first-order valence-electron chi connectivity index (χ1n) is 4.28. The predicted octanol–water partition coefficient (Wildman–Crippen LogP) is 3.03. The van der Waals surface area contributed by atoms with Crippen LogP contribution in [0.15, 0.2) is 35.8 Å². The lowest BCUT2D eigenvalue weighted by Gasteiger charge is -2.04. The highest BCUT2D eigenvalue weighted by Gasteiger charge is 2.00. The minimum Gasteiger partial charge on any atom is -0.378 e. The van der Waals surface area contributed by atoms with Gasteiger partial charge in [0.15, 0.2) is 5.17 Å². The average molecular weight is 206 g/mol. The van der Waals surface area contributed by atoms with E-state index >= 15 is 0 Å². The second-order valence-electron chi connectivity index (χ2n) is 2.95. The standard InChI is InChI=1S/C11H14N2S/c1-8(2)9-6-4-5-7-10(9)13-11(12)14-3/h4-7H,1H2,2-3H3,(H2,12,13). The van der Waals surface area contributed by atoms with E-state index in [2.05, 4.69) is 11.6 Å². The quantitative estimate of drug-likeness (QED) is 0.596. The van der Waals surface area contributed by atoms with Gasteiger partial charge in [-0.2, -0.15) is 0 Å². The molecule has 3 heteroatoms. The van der Waals surface area contributed by atoms with Crippen molar-refractivity contribution in [3.05, 3.63) is 36.4 Å². The monoisotopic (exact) mass is 206 g/mol. The normalized spacial score (nSPS) is 11.4. The molecule has 0 amide bonds. The number of hydrogen-bond donors (Lipinski definition) is 1. The van der Waals surface area contributed by atoms with E-state index < -0.39 is 0 Å². The lowest BCUT2D eigenvalue weighted by molar-refractivity contribution is 1.46. The summed E-state index contributed by atoms with van der Waals surface area (Å²) in [4.78, 5) is 4.30. The number of nitrogens with zero attached hydrogens (tertiary/aromatic N) is 1. The van der Waals surface area contributed by atoms with E-state index in [-0.39, 0.29) is 0 Å². The molecule has 0 atom stereocenters. The van der Waals surface area contributed by atoms with Crippen LogP contribution < -0.4 is 5.73 Å². The van der Waals surface area contributed by atoms with Crippen LogP contribution in [0.25, 0.3) is 5.57 Å². The number of rotatable bonds is 2. The molecule has 2 N–H and O–H groups in total. The van der Waals surface area contributed by atoms with Crippen molar-refractivity contribution in [2.24, 2.45) is 10.7 Å². The van der Waals surface area contributed by atoms with Gasteiger partial charge in [0.1, 0.15) is 0 Å². The minimum absolute atomic E-state index is 0.568. The molecule has 0 saturated carbocycles. The van der Waals surface area contributed by atoms with Crippen molar-refractivity contribution in [1.29, 1.82) is 0 Å². The Morgan fingerprint density at radius 2 is 2.07 bits per heavy atom. The first kappa shape index (κ1) is 10.9. The molecular weight excluding hydrogens is 192 g/mol. The van der Waals surface area contributed by atoms with Gasteiger partial charge in [0.2, 0.25) is 0 Å². The maximum atomic E-state index is 5.66. The largest absolute Gasteiger partial charge is 0.378 e. The van der Waals surface area contributed by atoms with Crippen molar-refractivity contribution in [1.82, 2.24) is 0 Å². The van der Waals surface area contributed by atoms with E-state index in [1.165, 1.54) is 11.8 Å². The molecule has 0 saturated heterocycles. The molecule has 0 aliphatic carbocycles. The van der Waals surface area contributed by atoms with Crippen LogP contribution in [-0.2, 0) is 0 Å². The Morgan fingerprint density at radius 1 is 1.43 bits per heavy atom. The van der Waals surface area contributed by atoms with Gasteiger partial charge in [-0.25, -0.2) is 4.99 Å². The summed E-state index contributed by atoms with van der Waals surface area (Å²) in [6.07, 6.45) is 1.90. The Kier molecular flexibility index (Phi) is 3.77.